The summed E-state index contributed by atoms with van der Waals surface area (Å²) in [7, 11) is 0. The molecule has 0 spiro atoms. The van der Waals surface area contributed by atoms with Gasteiger partial charge in [0, 0.05) is 0 Å². The topological polar surface area (TPSA) is 26.0 Å². The minimum Gasteiger partial charge on any atom is -0.330 e. The zero-order valence-electron chi connectivity index (χ0n) is 13.1. The SMILES string of the molecule is CCC1CCC(CN)(Cc2cccc3ccccc23)CC1. The summed E-state index contributed by atoms with van der Waals surface area (Å²) >= 11 is 0. The van der Waals surface area contributed by atoms with Crippen molar-refractivity contribution in [3.63, 3.8) is 0 Å². The van der Waals surface area contributed by atoms with Crippen molar-refractivity contribution in [1.82, 2.24) is 0 Å². The van der Waals surface area contributed by atoms with E-state index in [1.165, 1.54) is 48.4 Å². The van der Waals surface area contributed by atoms with E-state index < -0.39 is 0 Å². The molecule has 112 valence electrons. The molecule has 21 heavy (non-hydrogen) atoms. The molecule has 0 heterocycles. The third kappa shape index (κ3) is 2.98. The van der Waals surface area contributed by atoms with Gasteiger partial charge < -0.3 is 5.73 Å². The molecule has 1 heteroatoms. The summed E-state index contributed by atoms with van der Waals surface area (Å²) in [6.07, 6.45) is 7.78. The number of nitrogens with two attached hydrogens (primary N) is 1. The Morgan fingerprint density at radius 3 is 2.48 bits per heavy atom. The van der Waals surface area contributed by atoms with E-state index in [1.807, 2.05) is 0 Å². The van der Waals surface area contributed by atoms with Crippen molar-refractivity contribution in [2.24, 2.45) is 17.1 Å². The molecule has 0 amide bonds. The lowest BCUT2D eigenvalue weighted by atomic mass is 9.67. The molecule has 0 atom stereocenters. The van der Waals surface area contributed by atoms with E-state index in [0.29, 0.717) is 5.41 Å². The summed E-state index contributed by atoms with van der Waals surface area (Å²) in [6.45, 7) is 3.15. The second kappa shape index (κ2) is 6.19. The molecule has 0 aliphatic heterocycles. The maximum atomic E-state index is 6.22. The number of benzene rings is 2. The van der Waals surface area contributed by atoms with Gasteiger partial charge in [-0.25, -0.2) is 0 Å². The molecule has 1 saturated carbocycles. The summed E-state index contributed by atoms with van der Waals surface area (Å²) in [5.74, 6) is 0.928. The van der Waals surface area contributed by atoms with Gasteiger partial charge in [-0.05, 0) is 66.3 Å². The number of fused-ring (bicyclic) bond motifs is 1. The fraction of sp³-hybridized carbons (Fsp3) is 0.500. The maximum Gasteiger partial charge on any atom is -0.00173 e. The van der Waals surface area contributed by atoms with Crippen molar-refractivity contribution < 1.29 is 0 Å². The standard InChI is InChI=1S/C20H27N/c1-2-16-10-12-20(15-21,13-11-16)14-18-8-5-7-17-6-3-4-9-19(17)18/h3-9,16H,2,10-15,21H2,1H3. The Hall–Kier alpha value is -1.34. The number of hydrogen-bond donors (Lipinski definition) is 1. The van der Waals surface area contributed by atoms with Crippen molar-refractivity contribution in [1.29, 1.82) is 0 Å². The third-order valence-corrected chi connectivity index (χ3v) is 5.62. The highest BCUT2D eigenvalue weighted by molar-refractivity contribution is 5.85. The minimum atomic E-state index is 0.329. The zero-order valence-corrected chi connectivity index (χ0v) is 13.1. The van der Waals surface area contributed by atoms with E-state index in [4.69, 9.17) is 5.73 Å². The first kappa shape index (κ1) is 14.6. The van der Waals surface area contributed by atoms with E-state index in [9.17, 15) is 0 Å². The fourth-order valence-electron chi connectivity index (χ4n) is 4.00. The van der Waals surface area contributed by atoms with Crippen molar-refractivity contribution in [3.8, 4) is 0 Å². The van der Waals surface area contributed by atoms with Crippen molar-refractivity contribution in [2.75, 3.05) is 6.54 Å². The van der Waals surface area contributed by atoms with Gasteiger partial charge in [0.2, 0.25) is 0 Å². The molecule has 2 N–H and O–H groups in total. The predicted molar refractivity (Wildman–Crippen MR) is 91.4 cm³/mol. The first-order valence-corrected chi connectivity index (χ1v) is 8.43. The smallest absolute Gasteiger partial charge is 0.00173 e. The van der Waals surface area contributed by atoms with Crippen LogP contribution in [0.3, 0.4) is 0 Å². The Morgan fingerprint density at radius 1 is 1.05 bits per heavy atom. The zero-order chi connectivity index (χ0) is 14.7. The van der Waals surface area contributed by atoms with Gasteiger partial charge in [0.15, 0.2) is 0 Å². The first-order valence-electron chi connectivity index (χ1n) is 8.43. The molecular weight excluding hydrogens is 254 g/mol. The Kier molecular flexibility index (Phi) is 4.30. The Morgan fingerprint density at radius 2 is 1.76 bits per heavy atom. The van der Waals surface area contributed by atoms with E-state index >= 15 is 0 Å². The molecule has 0 unspecified atom stereocenters. The van der Waals surface area contributed by atoms with Gasteiger partial charge in [-0.3, -0.25) is 0 Å². The summed E-state index contributed by atoms with van der Waals surface area (Å²) < 4.78 is 0. The van der Waals surface area contributed by atoms with Gasteiger partial charge in [-0.1, -0.05) is 55.8 Å². The van der Waals surface area contributed by atoms with Crippen LogP contribution in [0.5, 0.6) is 0 Å². The normalized spacial score (nSPS) is 26.1. The molecular formula is C20H27N. The summed E-state index contributed by atoms with van der Waals surface area (Å²) in [6, 6.07) is 15.4. The maximum absolute atomic E-state index is 6.22. The van der Waals surface area contributed by atoms with Crippen LogP contribution in [0.2, 0.25) is 0 Å². The highest BCUT2D eigenvalue weighted by Gasteiger charge is 2.34. The lowest BCUT2D eigenvalue weighted by Crippen LogP contribution is -2.36. The van der Waals surface area contributed by atoms with Crippen LogP contribution in [0.25, 0.3) is 10.8 Å². The average molecular weight is 281 g/mol. The highest BCUT2D eigenvalue weighted by atomic mass is 14.6. The average Bonchev–Trinajstić information content (AvgIpc) is 2.56. The lowest BCUT2D eigenvalue weighted by Gasteiger charge is -2.39. The Labute approximate surface area is 128 Å². The van der Waals surface area contributed by atoms with Crippen LogP contribution in [0.4, 0.5) is 0 Å². The van der Waals surface area contributed by atoms with E-state index in [0.717, 1.165) is 18.9 Å². The number of rotatable bonds is 4. The van der Waals surface area contributed by atoms with E-state index in [2.05, 4.69) is 49.4 Å². The summed E-state index contributed by atoms with van der Waals surface area (Å²) in [5.41, 5.74) is 8.03. The van der Waals surface area contributed by atoms with Gasteiger partial charge in [0.25, 0.3) is 0 Å². The lowest BCUT2D eigenvalue weighted by molar-refractivity contribution is 0.154. The van der Waals surface area contributed by atoms with Crippen LogP contribution in [0.15, 0.2) is 42.5 Å². The molecule has 1 fully saturated rings. The highest BCUT2D eigenvalue weighted by Crippen LogP contribution is 2.42. The molecule has 3 rings (SSSR count). The van der Waals surface area contributed by atoms with E-state index in [-0.39, 0.29) is 0 Å². The van der Waals surface area contributed by atoms with Crippen LogP contribution in [-0.2, 0) is 6.42 Å². The first-order chi connectivity index (χ1) is 10.3. The van der Waals surface area contributed by atoms with Crippen molar-refractivity contribution in [2.45, 2.75) is 45.4 Å². The van der Waals surface area contributed by atoms with Crippen molar-refractivity contribution >= 4 is 10.8 Å². The van der Waals surface area contributed by atoms with Crippen LogP contribution in [0, 0.1) is 11.3 Å². The largest absolute Gasteiger partial charge is 0.330 e. The number of hydrogen-bond acceptors (Lipinski definition) is 1. The van der Waals surface area contributed by atoms with Gasteiger partial charge in [-0.15, -0.1) is 0 Å². The van der Waals surface area contributed by atoms with Crippen LogP contribution < -0.4 is 5.73 Å². The molecule has 2 aromatic rings. The molecule has 1 aliphatic rings. The molecule has 1 aliphatic carbocycles. The molecule has 0 bridgehead atoms. The fourth-order valence-corrected chi connectivity index (χ4v) is 4.00. The molecule has 0 radical (unpaired) electrons. The van der Waals surface area contributed by atoms with E-state index in [1.54, 1.807) is 0 Å². The molecule has 2 aromatic carbocycles. The Balaban J connectivity index is 1.86. The predicted octanol–water partition coefficient (Wildman–Crippen LogP) is 4.93. The van der Waals surface area contributed by atoms with Crippen LogP contribution >= 0.6 is 0 Å². The second-order valence-corrected chi connectivity index (χ2v) is 6.87. The third-order valence-electron chi connectivity index (χ3n) is 5.62. The van der Waals surface area contributed by atoms with Gasteiger partial charge in [0.05, 0.1) is 0 Å². The quantitative estimate of drug-likeness (QED) is 0.845. The minimum absolute atomic E-state index is 0.329. The van der Waals surface area contributed by atoms with Crippen LogP contribution in [0.1, 0.15) is 44.6 Å². The van der Waals surface area contributed by atoms with Gasteiger partial charge in [-0.2, -0.15) is 0 Å². The summed E-state index contributed by atoms with van der Waals surface area (Å²) in [5, 5.41) is 2.76. The Bertz CT molecular complexity index is 588. The molecule has 1 nitrogen and oxygen atoms in total. The van der Waals surface area contributed by atoms with Crippen LogP contribution in [-0.4, -0.2) is 6.54 Å². The van der Waals surface area contributed by atoms with Crippen molar-refractivity contribution in [3.05, 3.63) is 48.0 Å². The van der Waals surface area contributed by atoms with Gasteiger partial charge >= 0.3 is 0 Å². The summed E-state index contributed by atoms with van der Waals surface area (Å²) in [4.78, 5) is 0. The van der Waals surface area contributed by atoms with Gasteiger partial charge in [0.1, 0.15) is 0 Å². The molecule has 0 saturated heterocycles. The second-order valence-electron chi connectivity index (χ2n) is 6.87. The molecule has 0 aromatic heterocycles. The monoisotopic (exact) mass is 281 g/mol.